The van der Waals surface area contributed by atoms with Crippen molar-refractivity contribution in [3.8, 4) is 0 Å². The minimum atomic E-state index is 0.625. The van der Waals surface area contributed by atoms with E-state index in [4.69, 9.17) is 11.5 Å². The Balaban J connectivity index is 0.00000106. The summed E-state index contributed by atoms with van der Waals surface area (Å²) in [7, 11) is 4.08. The molecule has 1 aromatic carbocycles. The van der Waals surface area contributed by atoms with Crippen LogP contribution in [0.5, 0.6) is 0 Å². The monoisotopic (exact) mass is 224 g/mol. The largest absolute Gasteiger partial charge is 0.397 e. The zero-order valence-corrected chi connectivity index (χ0v) is 10.7. The van der Waals surface area contributed by atoms with Crippen molar-refractivity contribution in [3.05, 3.63) is 18.2 Å². The van der Waals surface area contributed by atoms with Crippen LogP contribution < -0.4 is 16.8 Å². The maximum absolute atomic E-state index is 5.68. The Morgan fingerprint density at radius 2 is 1.75 bits per heavy atom. The van der Waals surface area contributed by atoms with Crippen LogP contribution in [0.2, 0.25) is 0 Å². The van der Waals surface area contributed by atoms with Crippen molar-refractivity contribution in [1.29, 1.82) is 0 Å². The molecule has 0 saturated carbocycles. The third kappa shape index (κ3) is 5.46. The van der Waals surface area contributed by atoms with Crippen molar-refractivity contribution >= 4 is 17.1 Å². The molecule has 0 aliphatic rings. The molecule has 0 spiro atoms. The molecule has 0 amide bonds. The smallest absolute Gasteiger partial charge is 0.0568 e. The molecule has 0 aliphatic heterocycles. The lowest BCUT2D eigenvalue weighted by molar-refractivity contribution is 0.425. The first-order valence-electron chi connectivity index (χ1n) is 5.63. The van der Waals surface area contributed by atoms with Crippen LogP contribution in [0.1, 0.15) is 13.8 Å². The third-order valence-corrected chi connectivity index (χ3v) is 1.97. The number of hydrogen-bond acceptors (Lipinski definition) is 4. The van der Waals surface area contributed by atoms with Crippen molar-refractivity contribution in [2.75, 3.05) is 44.0 Å². The molecule has 1 aromatic rings. The van der Waals surface area contributed by atoms with E-state index in [9.17, 15) is 0 Å². The molecular formula is C12H24N4. The summed E-state index contributed by atoms with van der Waals surface area (Å²) in [5.41, 5.74) is 13.5. The zero-order chi connectivity index (χ0) is 12.6. The van der Waals surface area contributed by atoms with Crippen molar-refractivity contribution in [1.82, 2.24) is 4.90 Å². The second kappa shape index (κ2) is 7.82. The van der Waals surface area contributed by atoms with Crippen LogP contribution in [0, 0.1) is 0 Å². The first-order chi connectivity index (χ1) is 7.59. The molecule has 1 rings (SSSR count). The zero-order valence-electron chi connectivity index (χ0n) is 10.7. The van der Waals surface area contributed by atoms with Gasteiger partial charge in [0.2, 0.25) is 0 Å². The number of anilines is 3. The summed E-state index contributed by atoms with van der Waals surface area (Å²) < 4.78 is 0. The molecule has 0 aromatic heterocycles. The number of nitrogens with two attached hydrogens (primary N) is 2. The Morgan fingerprint density at radius 3 is 2.25 bits per heavy atom. The number of likely N-dealkylation sites (N-methyl/N-ethyl adjacent to an activating group) is 1. The maximum Gasteiger partial charge on any atom is 0.0568 e. The normalized spacial score (nSPS) is 9.56. The maximum atomic E-state index is 5.68. The molecule has 0 fully saturated rings. The molecule has 0 unspecified atom stereocenters. The summed E-state index contributed by atoms with van der Waals surface area (Å²) in [6.45, 7) is 5.89. The summed E-state index contributed by atoms with van der Waals surface area (Å²) in [6, 6.07) is 5.60. The van der Waals surface area contributed by atoms with Crippen LogP contribution in [0.15, 0.2) is 18.2 Å². The lowest BCUT2D eigenvalue weighted by atomic mass is 10.2. The van der Waals surface area contributed by atoms with Gasteiger partial charge in [0.15, 0.2) is 0 Å². The Kier molecular flexibility index (Phi) is 7.12. The van der Waals surface area contributed by atoms with Gasteiger partial charge in [-0.1, -0.05) is 13.8 Å². The van der Waals surface area contributed by atoms with Crippen LogP contribution in [-0.4, -0.2) is 32.1 Å². The van der Waals surface area contributed by atoms with E-state index in [1.807, 2.05) is 46.1 Å². The molecule has 0 heterocycles. The lowest BCUT2D eigenvalue weighted by Crippen LogP contribution is -2.20. The van der Waals surface area contributed by atoms with Gasteiger partial charge in [-0.15, -0.1) is 0 Å². The van der Waals surface area contributed by atoms with Gasteiger partial charge in [0, 0.05) is 18.8 Å². The predicted molar refractivity (Wildman–Crippen MR) is 73.7 cm³/mol. The van der Waals surface area contributed by atoms with Crippen LogP contribution in [0.25, 0.3) is 0 Å². The van der Waals surface area contributed by atoms with Crippen molar-refractivity contribution < 1.29 is 0 Å². The number of benzene rings is 1. The number of nitrogen functional groups attached to an aromatic ring is 2. The number of rotatable bonds is 4. The molecule has 16 heavy (non-hydrogen) atoms. The second-order valence-corrected chi connectivity index (χ2v) is 3.57. The van der Waals surface area contributed by atoms with Gasteiger partial charge < -0.3 is 21.7 Å². The first kappa shape index (κ1) is 14.6. The average Bonchev–Trinajstić information content (AvgIpc) is 2.26. The summed E-state index contributed by atoms with van der Waals surface area (Å²) in [6.07, 6.45) is 0. The Labute approximate surface area is 98.6 Å². The van der Waals surface area contributed by atoms with Crippen molar-refractivity contribution in [2.45, 2.75) is 13.8 Å². The van der Waals surface area contributed by atoms with Crippen molar-refractivity contribution in [3.63, 3.8) is 0 Å². The first-order valence-corrected chi connectivity index (χ1v) is 5.63. The second-order valence-electron chi connectivity index (χ2n) is 3.57. The highest BCUT2D eigenvalue weighted by atomic mass is 15.1. The molecule has 92 valence electrons. The van der Waals surface area contributed by atoms with E-state index in [0.717, 1.165) is 18.8 Å². The van der Waals surface area contributed by atoms with Crippen LogP contribution in [-0.2, 0) is 0 Å². The molecule has 0 radical (unpaired) electrons. The standard InChI is InChI=1S/C10H18N4.C2H6/c1-14(2)6-5-13-8-3-4-9(11)10(12)7-8;1-2/h3-4,7,13H,5-6,11-12H2,1-2H3;1-2H3. The van der Waals surface area contributed by atoms with Gasteiger partial charge in [-0.2, -0.15) is 0 Å². The van der Waals surface area contributed by atoms with Gasteiger partial charge in [-0.05, 0) is 32.3 Å². The number of nitrogens with zero attached hydrogens (tertiary/aromatic N) is 1. The molecule has 4 heteroatoms. The highest BCUT2D eigenvalue weighted by Crippen LogP contribution is 2.19. The molecule has 5 N–H and O–H groups in total. The highest BCUT2D eigenvalue weighted by molar-refractivity contribution is 5.69. The average molecular weight is 224 g/mol. The third-order valence-electron chi connectivity index (χ3n) is 1.97. The Hall–Kier alpha value is -1.42. The molecule has 4 nitrogen and oxygen atoms in total. The summed E-state index contributed by atoms with van der Waals surface area (Å²) in [4.78, 5) is 2.12. The van der Waals surface area contributed by atoms with Crippen LogP contribution >= 0.6 is 0 Å². The molecule has 0 bridgehead atoms. The van der Waals surface area contributed by atoms with Gasteiger partial charge in [0.05, 0.1) is 11.4 Å². The van der Waals surface area contributed by atoms with E-state index in [0.29, 0.717) is 11.4 Å². The fourth-order valence-electron chi connectivity index (χ4n) is 1.11. The fraction of sp³-hybridized carbons (Fsp3) is 0.500. The number of nitrogens with one attached hydrogen (secondary N) is 1. The van der Waals surface area contributed by atoms with E-state index in [2.05, 4.69) is 10.2 Å². The quantitative estimate of drug-likeness (QED) is 0.683. The Morgan fingerprint density at radius 1 is 1.12 bits per heavy atom. The van der Waals surface area contributed by atoms with Gasteiger partial charge in [0.25, 0.3) is 0 Å². The van der Waals surface area contributed by atoms with E-state index < -0.39 is 0 Å². The minimum absolute atomic E-state index is 0.625. The SMILES string of the molecule is CC.CN(C)CCNc1ccc(N)c(N)c1. The van der Waals surface area contributed by atoms with Crippen LogP contribution in [0.4, 0.5) is 17.1 Å². The summed E-state index contributed by atoms with van der Waals surface area (Å²) >= 11 is 0. The predicted octanol–water partition coefficient (Wildman–Crippen LogP) is 1.85. The fourth-order valence-corrected chi connectivity index (χ4v) is 1.11. The molecular weight excluding hydrogens is 200 g/mol. The van der Waals surface area contributed by atoms with E-state index in [-0.39, 0.29) is 0 Å². The van der Waals surface area contributed by atoms with Gasteiger partial charge in [0.1, 0.15) is 0 Å². The van der Waals surface area contributed by atoms with E-state index >= 15 is 0 Å². The highest BCUT2D eigenvalue weighted by Gasteiger charge is 1.96. The Bertz CT molecular complexity index is 297. The number of hydrogen-bond donors (Lipinski definition) is 3. The van der Waals surface area contributed by atoms with Gasteiger partial charge in [-0.3, -0.25) is 0 Å². The van der Waals surface area contributed by atoms with Gasteiger partial charge >= 0.3 is 0 Å². The minimum Gasteiger partial charge on any atom is -0.397 e. The molecule has 0 aliphatic carbocycles. The van der Waals surface area contributed by atoms with Gasteiger partial charge in [-0.25, -0.2) is 0 Å². The lowest BCUT2D eigenvalue weighted by Gasteiger charge is -2.12. The molecule has 0 atom stereocenters. The topological polar surface area (TPSA) is 67.3 Å². The van der Waals surface area contributed by atoms with E-state index in [1.54, 1.807) is 0 Å². The van der Waals surface area contributed by atoms with Crippen LogP contribution in [0.3, 0.4) is 0 Å². The van der Waals surface area contributed by atoms with E-state index in [1.165, 1.54) is 0 Å². The molecule has 0 saturated heterocycles. The summed E-state index contributed by atoms with van der Waals surface area (Å²) in [5, 5.41) is 3.27. The summed E-state index contributed by atoms with van der Waals surface area (Å²) in [5.74, 6) is 0. The van der Waals surface area contributed by atoms with Crippen molar-refractivity contribution in [2.24, 2.45) is 0 Å².